The minimum Gasteiger partial charge on any atom is -0.469 e. The summed E-state index contributed by atoms with van der Waals surface area (Å²) in [6.45, 7) is 0. The Labute approximate surface area is 170 Å². The first-order valence-electron chi connectivity index (χ1n) is 8.72. The van der Waals surface area contributed by atoms with E-state index in [1.165, 1.54) is 36.4 Å². The van der Waals surface area contributed by atoms with Crippen LogP contribution in [0.25, 0.3) is 0 Å². The fraction of sp³-hybridized carbons (Fsp3) is 0.250. The fourth-order valence-corrected chi connectivity index (χ4v) is 2.84. The van der Waals surface area contributed by atoms with Crippen LogP contribution in [-0.4, -0.2) is 43.0 Å². The van der Waals surface area contributed by atoms with Gasteiger partial charge in [-0.05, 0) is 23.8 Å². The molecular formula is C20H19FN2O7. The zero-order chi connectivity index (χ0) is 22.3. The number of hydrogen-bond donors (Lipinski definition) is 1. The number of nitro groups is 1. The molecule has 2 atom stereocenters. The molecule has 0 bridgehead atoms. The first-order chi connectivity index (χ1) is 14.3. The molecule has 2 aromatic rings. The molecule has 10 heteroatoms. The van der Waals surface area contributed by atoms with Crippen LogP contribution in [0.3, 0.4) is 0 Å². The summed E-state index contributed by atoms with van der Waals surface area (Å²) in [4.78, 5) is 47.2. The molecule has 0 radical (unpaired) electrons. The van der Waals surface area contributed by atoms with Crippen LogP contribution in [0.15, 0.2) is 48.5 Å². The van der Waals surface area contributed by atoms with E-state index in [1.807, 2.05) is 0 Å². The zero-order valence-electron chi connectivity index (χ0n) is 16.2. The SMILES string of the molecule is COC(=O)C[C@@H](c1ccc([N+](=O)[O-])cc1)[C@@H](NC(=O)c1cccc(F)c1)C(=O)OC. The number of esters is 2. The van der Waals surface area contributed by atoms with E-state index in [1.54, 1.807) is 0 Å². The molecule has 0 aliphatic rings. The summed E-state index contributed by atoms with van der Waals surface area (Å²) in [5, 5.41) is 13.3. The fourth-order valence-electron chi connectivity index (χ4n) is 2.84. The van der Waals surface area contributed by atoms with E-state index in [0.29, 0.717) is 5.56 Å². The van der Waals surface area contributed by atoms with Crippen molar-refractivity contribution in [2.75, 3.05) is 14.2 Å². The second kappa shape index (κ2) is 10.1. The van der Waals surface area contributed by atoms with Crippen LogP contribution in [-0.2, 0) is 19.1 Å². The Hall–Kier alpha value is -3.82. The van der Waals surface area contributed by atoms with Crippen molar-refractivity contribution in [3.05, 3.63) is 75.6 Å². The molecule has 0 heterocycles. The lowest BCUT2D eigenvalue weighted by atomic mass is 9.88. The predicted molar refractivity (Wildman–Crippen MR) is 102 cm³/mol. The third kappa shape index (κ3) is 5.60. The zero-order valence-corrected chi connectivity index (χ0v) is 16.2. The van der Waals surface area contributed by atoms with E-state index >= 15 is 0 Å². The number of carbonyl (C=O) groups excluding carboxylic acids is 3. The molecule has 0 aromatic heterocycles. The summed E-state index contributed by atoms with van der Waals surface area (Å²) in [6.07, 6.45) is -0.322. The average Bonchev–Trinajstić information content (AvgIpc) is 2.75. The molecule has 1 amide bonds. The summed E-state index contributed by atoms with van der Waals surface area (Å²) >= 11 is 0. The highest BCUT2D eigenvalue weighted by molar-refractivity contribution is 5.97. The standard InChI is InChI=1S/C20H19FN2O7/c1-29-17(24)11-16(12-6-8-15(9-7-12)23(27)28)18(20(26)30-2)22-19(25)13-4-3-5-14(21)10-13/h3-10,16,18H,11H2,1-2H3,(H,22,25)/t16-,18+/m0/s1. The van der Waals surface area contributed by atoms with E-state index in [9.17, 15) is 28.9 Å². The Bertz CT molecular complexity index is 946. The lowest BCUT2D eigenvalue weighted by Gasteiger charge is -2.26. The van der Waals surface area contributed by atoms with Gasteiger partial charge < -0.3 is 14.8 Å². The van der Waals surface area contributed by atoms with Crippen LogP contribution in [0.4, 0.5) is 10.1 Å². The van der Waals surface area contributed by atoms with E-state index in [4.69, 9.17) is 4.74 Å². The Morgan fingerprint density at radius 2 is 1.77 bits per heavy atom. The summed E-state index contributed by atoms with van der Waals surface area (Å²) in [5.41, 5.74) is 0.138. The van der Waals surface area contributed by atoms with Gasteiger partial charge in [0.15, 0.2) is 0 Å². The lowest BCUT2D eigenvalue weighted by molar-refractivity contribution is -0.384. The first-order valence-corrected chi connectivity index (χ1v) is 8.72. The van der Waals surface area contributed by atoms with Crippen LogP contribution in [0.5, 0.6) is 0 Å². The maximum absolute atomic E-state index is 13.4. The maximum Gasteiger partial charge on any atom is 0.329 e. The number of rotatable bonds is 8. The van der Waals surface area contributed by atoms with Crippen LogP contribution in [0.2, 0.25) is 0 Å². The number of halogens is 1. The van der Waals surface area contributed by atoms with E-state index in [0.717, 1.165) is 26.4 Å². The van der Waals surface area contributed by atoms with Crippen molar-refractivity contribution in [3.8, 4) is 0 Å². The van der Waals surface area contributed by atoms with Crippen molar-refractivity contribution in [2.45, 2.75) is 18.4 Å². The number of nitrogens with zero attached hydrogens (tertiary/aromatic N) is 1. The molecule has 1 N–H and O–H groups in total. The van der Waals surface area contributed by atoms with Crippen molar-refractivity contribution >= 4 is 23.5 Å². The second-order valence-electron chi connectivity index (χ2n) is 6.22. The largest absolute Gasteiger partial charge is 0.469 e. The molecule has 30 heavy (non-hydrogen) atoms. The number of nitrogens with one attached hydrogen (secondary N) is 1. The third-order valence-corrected chi connectivity index (χ3v) is 4.38. The minimum atomic E-state index is -1.34. The predicted octanol–water partition coefficient (Wildman–Crippen LogP) is 2.35. The molecule has 0 saturated heterocycles. The van der Waals surface area contributed by atoms with Crippen LogP contribution in [0.1, 0.15) is 28.3 Å². The number of nitro benzene ring substituents is 1. The van der Waals surface area contributed by atoms with Gasteiger partial charge in [0.25, 0.3) is 11.6 Å². The summed E-state index contributed by atoms with van der Waals surface area (Å²) in [5.74, 6) is -3.89. The van der Waals surface area contributed by atoms with Crippen LogP contribution >= 0.6 is 0 Å². The topological polar surface area (TPSA) is 125 Å². The molecule has 2 rings (SSSR count). The Balaban J connectivity index is 2.42. The molecule has 9 nitrogen and oxygen atoms in total. The van der Waals surface area contributed by atoms with Gasteiger partial charge in [-0.1, -0.05) is 18.2 Å². The smallest absolute Gasteiger partial charge is 0.329 e. The van der Waals surface area contributed by atoms with E-state index in [-0.39, 0.29) is 17.7 Å². The second-order valence-corrected chi connectivity index (χ2v) is 6.22. The minimum absolute atomic E-state index is 0.0376. The number of ether oxygens (including phenoxy) is 2. The highest BCUT2D eigenvalue weighted by atomic mass is 19.1. The molecule has 0 saturated carbocycles. The Kier molecular flexibility index (Phi) is 7.56. The van der Waals surface area contributed by atoms with Gasteiger partial charge >= 0.3 is 11.9 Å². The molecule has 0 fully saturated rings. The quantitative estimate of drug-likeness (QED) is 0.396. The highest BCUT2D eigenvalue weighted by Gasteiger charge is 2.34. The molecular weight excluding hydrogens is 399 g/mol. The van der Waals surface area contributed by atoms with Gasteiger partial charge in [0.1, 0.15) is 11.9 Å². The lowest BCUT2D eigenvalue weighted by Crippen LogP contribution is -2.46. The van der Waals surface area contributed by atoms with E-state index < -0.39 is 40.5 Å². The summed E-state index contributed by atoms with van der Waals surface area (Å²) in [6, 6.07) is 8.66. The van der Waals surface area contributed by atoms with Crippen molar-refractivity contribution in [2.24, 2.45) is 0 Å². The van der Waals surface area contributed by atoms with Gasteiger partial charge in [0.2, 0.25) is 0 Å². The van der Waals surface area contributed by atoms with Crippen molar-refractivity contribution in [3.63, 3.8) is 0 Å². The van der Waals surface area contributed by atoms with Gasteiger partial charge in [-0.3, -0.25) is 19.7 Å². The number of hydrogen-bond acceptors (Lipinski definition) is 7. The van der Waals surface area contributed by atoms with Gasteiger partial charge in [0.05, 0.1) is 25.6 Å². The molecule has 0 unspecified atom stereocenters. The van der Waals surface area contributed by atoms with Gasteiger partial charge in [0, 0.05) is 23.6 Å². The third-order valence-electron chi connectivity index (χ3n) is 4.38. The molecule has 0 spiro atoms. The summed E-state index contributed by atoms with van der Waals surface area (Å²) in [7, 11) is 2.27. The number of methoxy groups -OCH3 is 2. The number of benzene rings is 2. The van der Waals surface area contributed by atoms with Gasteiger partial charge in [-0.15, -0.1) is 0 Å². The van der Waals surface area contributed by atoms with Crippen LogP contribution < -0.4 is 5.32 Å². The van der Waals surface area contributed by atoms with Crippen molar-refractivity contribution < 1.29 is 33.2 Å². The highest BCUT2D eigenvalue weighted by Crippen LogP contribution is 2.27. The Morgan fingerprint density at radius 3 is 2.30 bits per heavy atom. The number of non-ortho nitro benzene ring substituents is 1. The average molecular weight is 418 g/mol. The van der Waals surface area contributed by atoms with Crippen LogP contribution in [0, 0.1) is 15.9 Å². The molecule has 0 aliphatic heterocycles. The Morgan fingerprint density at radius 1 is 1.10 bits per heavy atom. The van der Waals surface area contributed by atoms with Crippen molar-refractivity contribution in [1.82, 2.24) is 5.32 Å². The molecule has 158 valence electrons. The number of carbonyl (C=O) groups is 3. The van der Waals surface area contributed by atoms with Gasteiger partial charge in [-0.2, -0.15) is 0 Å². The molecule has 2 aromatic carbocycles. The van der Waals surface area contributed by atoms with Crippen molar-refractivity contribution in [1.29, 1.82) is 0 Å². The molecule has 0 aliphatic carbocycles. The van der Waals surface area contributed by atoms with E-state index in [2.05, 4.69) is 10.1 Å². The first kappa shape index (κ1) is 22.5. The number of amides is 1. The monoisotopic (exact) mass is 418 g/mol. The summed E-state index contributed by atoms with van der Waals surface area (Å²) < 4.78 is 22.9. The van der Waals surface area contributed by atoms with Gasteiger partial charge in [-0.25, -0.2) is 9.18 Å². The normalized spacial score (nSPS) is 12.4. The maximum atomic E-state index is 13.4.